The summed E-state index contributed by atoms with van der Waals surface area (Å²) in [6, 6.07) is 5.56. The third-order valence-corrected chi connectivity index (χ3v) is 2.09. The molecule has 1 aromatic carbocycles. The second-order valence-electron chi connectivity index (χ2n) is 2.54. The second kappa shape index (κ2) is 4.39. The number of ether oxygens (including phenoxy) is 1. The van der Waals surface area contributed by atoms with Crippen LogP contribution in [0.4, 0.5) is 4.39 Å². The van der Waals surface area contributed by atoms with Crippen LogP contribution in [-0.4, -0.2) is 25.3 Å². The number of hydrogen-bond acceptors (Lipinski definition) is 4. The fraction of sp³-hybridized carbons (Fsp3) is 0.250. The van der Waals surface area contributed by atoms with Crippen LogP contribution in [0.15, 0.2) is 24.3 Å². The molecule has 4 nitrogen and oxygen atoms in total. The summed E-state index contributed by atoms with van der Waals surface area (Å²) >= 11 is 0. The normalized spacial score (nSPS) is 11.3. The van der Waals surface area contributed by atoms with E-state index in [-0.39, 0.29) is 12.4 Å². The van der Waals surface area contributed by atoms with Gasteiger partial charge < -0.3 is 9.29 Å². The Labute approximate surface area is 81.1 Å². The van der Waals surface area contributed by atoms with Crippen LogP contribution in [0.3, 0.4) is 0 Å². The molecule has 78 valence electrons. The van der Waals surface area contributed by atoms with E-state index in [9.17, 15) is 17.4 Å². The average Bonchev–Trinajstić information content (AvgIpc) is 2.06. The fourth-order valence-corrected chi connectivity index (χ4v) is 1.10. The van der Waals surface area contributed by atoms with Crippen molar-refractivity contribution in [3.8, 4) is 5.75 Å². The van der Waals surface area contributed by atoms with Crippen molar-refractivity contribution in [3.63, 3.8) is 0 Å². The predicted octanol–water partition coefficient (Wildman–Crippen LogP) is 0.750. The van der Waals surface area contributed by atoms with Crippen LogP contribution >= 0.6 is 0 Å². The molecule has 0 amide bonds. The summed E-state index contributed by atoms with van der Waals surface area (Å²) in [5, 5.41) is 0. The lowest BCUT2D eigenvalue weighted by atomic mass is 10.3. The third kappa shape index (κ3) is 3.71. The number of halogens is 1. The smallest absolute Gasteiger partial charge is 0.165 e. The molecule has 0 aliphatic carbocycles. The van der Waals surface area contributed by atoms with Crippen molar-refractivity contribution in [1.82, 2.24) is 0 Å². The van der Waals surface area contributed by atoms with Crippen LogP contribution in [0.2, 0.25) is 0 Å². The highest BCUT2D eigenvalue weighted by Gasteiger charge is 2.02. The maximum atomic E-state index is 12.9. The van der Waals surface area contributed by atoms with E-state index in [1.54, 1.807) is 6.07 Å². The van der Waals surface area contributed by atoms with Crippen LogP contribution in [0, 0.1) is 5.82 Å². The van der Waals surface area contributed by atoms with Gasteiger partial charge in [0.1, 0.15) is 6.61 Å². The summed E-state index contributed by atoms with van der Waals surface area (Å²) in [5.74, 6) is -1.31. The van der Waals surface area contributed by atoms with Gasteiger partial charge in [-0.05, 0) is 12.1 Å². The van der Waals surface area contributed by atoms with Crippen LogP contribution in [0.1, 0.15) is 0 Å². The molecular weight excluding hydrogens is 211 g/mol. The molecule has 0 spiro atoms. The van der Waals surface area contributed by atoms with Gasteiger partial charge in [0.15, 0.2) is 11.6 Å². The zero-order valence-corrected chi connectivity index (χ0v) is 7.96. The van der Waals surface area contributed by atoms with E-state index < -0.39 is 21.7 Å². The number of hydrogen-bond donors (Lipinski definition) is 0. The van der Waals surface area contributed by atoms with Gasteiger partial charge in [-0.15, -0.1) is 0 Å². The van der Waals surface area contributed by atoms with Crippen molar-refractivity contribution in [2.24, 2.45) is 0 Å². The monoisotopic (exact) mass is 219 g/mol. The Kier molecular flexibility index (Phi) is 3.43. The molecule has 0 aliphatic heterocycles. The topological polar surface area (TPSA) is 66.4 Å². The van der Waals surface area contributed by atoms with Gasteiger partial charge >= 0.3 is 0 Å². The van der Waals surface area contributed by atoms with Crippen LogP contribution in [0.5, 0.6) is 5.75 Å². The summed E-state index contributed by atoms with van der Waals surface area (Å²) < 4.78 is 48.1. The highest BCUT2D eigenvalue weighted by Crippen LogP contribution is 2.14. The Morgan fingerprint density at radius 2 is 2.00 bits per heavy atom. The minimum absolute atomic E-state index is 0.0591. The molecule has 14 heavy (non-hydrogen) atoms. The number of rotatable bonds is 4. The maximum Gasteiger partial charge on any atom is 0.165 e. The molecule has 0 unspecified atom stereocenters. The molecule has 1 rings (SSSR count). The van der Waals surface area contributed by atoms with E-state index in [4.69, 9.17) is 4.74 Å². The van der Waals surface area contributed by atoms with Gasteiger partial charge in [0.05, 0.1) is 15.9 Å². The molecule has 0 saturated carbocycles. The van der Waals surface area contributed by atoms with Gasteiger partial charge in [-0.1, -0.05) is 12.1 Å². The second-order valence-corrected chi connectivity index (χ2v) is 4.06. The Morgan fingerprint density at radius 3 is 2.57 bits per heavy atom. The highest BCUT2D eigenvalue weighted by molar-refractivity contribution is 7.85. The van der Waals surface area contributed by atoms with Crippen molar-refractivity contribution in [1.29, 1.82) is 0 Å². The highest BCUT2D eigenvalue weighted by atomic mass is 32.2. The third-order valence-electron chi connectivity index (χ3n) is 1.43. The first-order valence-corrected chi connectivity index (χ1v) is 5.38. The van der Waals surface area contributed by atoms with Crippen LogP contribution in [0.25, 0.3) is 0 Å². The number of para-hydroxylation sites is 1. The summed E-state index contributed by atoms with van der Waals surface area (Å²) in [4.78, 5) is 0. The van der Waals surface area contributed by atoms with E-state index in [1.807, 2.05) is 0 Å². The van der Waals surface area contributed by atoms with Crippen molar-refractivity contribution in [2.45, 2.75) is 0 Å². The summed E-state index contributed by atoms with van der Waals surface area (Å²) in [6.45, 7) is -0.341. The SMILES string of the molecule is O=S(=O)([O-])CCOc1ccccc1F. The first-order valence-electron chi connectivity index (χ1n) is 3.80. The molecule has 0 fully saturated rings. The summed E-state index contributed by atoms with van der Waals surface area (Å²) in [6.07, 6.45) is 0. The lowest BCUT2D eigenvalue weighted by Gasteiger charge is -2.08. The quantitative estimate of drug-likeness (QED) is 0.701. The standard InChI is InChI=1S/C8H9FO4S/c9-7-3-1-2-4-8(7)13-5-6-14(10,11)12/h1-4H,5-6H2,(H,10,11,12)/p-1. The van der Waals surface area contributed by atoms with E-state index in [1.165, 1.54) is 18.2 Å². The Bertz CT molecular complexity index is 402. The van der Waals surface area contributed by atoms with Gasteiger partial charge in [0, 0.05) is 0 Å². The van der Waals surface area contributed by atoms with Crippen molar-refractivity contribution in [3.05, 3.63) is 30.1 Å². The minimum Gasteiger partial charge on any atom is -0.748 e. The molecular formula is C8H8FO4S-. The predicted molar refractivity (Wildman–Crippen MR) is 46.5 cm³/mol. The number of benzene rings is 1. The lowest BCUT2D eigenvalue weighted by Crippen LogP contribution is -2.13. The van der Waals surface area contributed by atoms with E-state index in [0.29, 0.717) is 0 Å². The fourth-order valence-electron chi connectivity index (χ4n) is 0.815. The van der Waals surface area contributed by atoms with Crippen LogP contribution < -0.4 is 4.74 Å². The maximum absolute atomic E-state index is 12.9. The molecule has 6 heteroatoms. The lowest BCUT2D eigenvalue weighted by molar-refractivity contribution is 0.317. The van der Waals surface area contributed by atoms with Crippen molar-refractivity contribution < 1.29 is 22.1 Å². The Balaban J connectivity index is 2.51. The average molecular weight is 219 g/mol. The largest absolute Gasteiger partial charge is 0.748 e. The molecule has 0 saturated heterocycles. The van der Waals surface area contributed by atoms with Gasteiger partial charge in [-0.3, -0.25) is 0 Å². The van der Waals surface area contributed by atoms with Crippen LogP contribution in [-0.2, 0) is 10.1 Å². The van der Waals surface area contributed by atoms with E-state index in [2.05, 4.69) is 0 Å². The zero-order valence-electron chi connectivity index (χ0n) is 7.14. The molecule has 0 aromatic heterocycles. The summed E-state index contributed by atoms with van der Waals surface area (Å²) in [7, 11) is -4.30. The molecule has 1 aromatic rings. The van der Waals surface area contributed by atoms with Crippen molar-refractivity contribution in [2.75, 3.05) is 12.4 Å². The molecule has 0 bridgehead atoms. The van der Waals surface area contributed by atoms with Gasteiger partial charge in [0.2, 0.25) is 0 Å². The zero-order chi connectivity index (χ0) is 10.6. The first-order chi connectivity index (χ1) is 6.49. The molecule has 0 aliphatic rings. The van der Waals surface area contributed by atoms with Gasteiger partial charge in [-0.2, -0.15) is 0 Å². The molecule has 0 radical (unpaired) electrons. The van der Waals surface area contributed by atoms with Crippen molar-refractivity contribution >= 4 is 10.1 Å². The van der Waals surface area contributed by atoms with E-state index >= 15 is 0 Å². The van der Waals surface area contributed by atoms with E-state index in [0.717, 1.165) is 0 Å². The van der Waals surface area contributed by atoms with Gasteiger partial charge in [-0.25, -0.2) is 12.8 Å². The minimum atomic E-state index is -4.30. The molecule has 0 N–H and O–H groups in total. The Morgan fingerprint density at radius 1 is 1.36 bits per heavy atom. The summed E-state index contributed by atoms with van der Waals surface area (Å²) in [5.41, 5.74) is 0. The molecule has 0 heterocycles. The first kappa shape index (κ1) is 10.9. The molecule has 0 atom stereocenters. The van der Waals surface area contributed by atoms with Gasteiger partial charge in [0.25, 0.3) is 0 Å². The Hall–Kier alpha value is -1.14.